The van der Waals surface area contributed by atoms with Gasteiger partial charge in [-0.3, -0.25) is 0 Å². The fourth-order valence-corrected chi connectivity index (χ4v) is 1.15. The summed E-state index contributed by atoms with van der Waals surface area (Å²) in [5.41, 5.74) is 0.569. The number of ether oxygens (including phenoxy) is 2. The number of carbonyl (C=O) groups is 1. The van der Waals surface area contributed by atoms with Crippen molar-refractivity contribution in [3.05, 3.63) is 35.9 Å². The molecule has 0 amide bonds. The largest absolute Gasteiger partial charge is 0.463 e. The molecule has 1 atom stereocenters. The Balaban J connectivity index is 2.82. The molecular formula is C11H11O4. The van der Waals surface area contributed by atoms with Crippen LogP contribution in [-0.2, 0) is 19.1 Å². The van der Waals surface area contributed by atoms with Gasteiger partial charge in [0.2, 0.25) is 6.10 Å². The highest BCUT2D eigenvalue weighted by Gasteiger charge is 2.23. The first-order chi connectivity index (χ1) is 7.29. The summed E-state index contributed by atoms with van der Waals surface area (Å²) in [5.74, 6) is -0.591. The molecule has 0 bridgehead atoms. The van der Waals surface area contributed by atoms with Gasteiger partial charge in [-0.25, -0.2) is 9.59 Å². The van der Waals surface area contributed by atoms with Crippen LogP contribution in [0.4, 0.5) is 0 Å². The summed E-state index contributed by atoms with van der Waals surface area (Å²) in [5, 5.41) is 0. The van der Waals surface area contributed by atoms with Crippen molar-refractivity contribution < 1.29 is 19.1 Å². The van der Waals surface area contributed by atoms with Crippen molar-refractivity contribution in [1.82, 2.24) is 0 Å². The SMILES string of the molecule is CCOC(=O)C(O[C]=O)c1ccccc1. The Kier molecular flexibility index (Phi) is 4.34. The molecule has 15 heavy (non-hydrogen) atoms. The zero-order valence-corrected chi connectivity index (χ0v) is 8.30. The summed E-state index contributed by atoms with van der Waals surface area (Å²) in [6.45, 7) is 3.18. The van der Waals surface area contributed by atoms with E-state index >= 15 is 0 Å². The summed E-state index contributed by atoms with van der Waals surface area (Å²) in [7, 11) is 0. The molecule has 0 fully saturated rings. The van der Waals surface area contributed by atoms with Crippen molar-refractivity contribution in [3.8, 4) is 0 Å². The summed E-state index contributed by atoms with van der Waals surface area (Å²) >= 11 is 0. The number of hydrogen-bond donors (Lipinski definition) is 0. The molecular weight excluding hydrogens is 196 g/mol. The number of carbonyl (C=O) groups excluding carboxylic acids is 2. The molecule has 1 aromatic carbocycles. The second-order valence-corrected chi connectivity index (χ2v) is 2.74. The minimum atomic E-state index is -1.02. The second-order valence-electron chi connectivity index (χ2n) is 2.74. The van der Waals surface area contributed by atoms with Gasteiger partial charge < -0.3 is 9.47 Å². The Morgan fingerprint density at radius 3 is 2.60 bits per heavy atom. The van der Waals surface area contributed by atoms with Gasteiger partial charge in [0.1, 0.15) is 0 Å². The molecule has 0 aliphatic carbocycles. The van der Waals surface area contributed by atoms with Crippen LogP contribution in [-0.4, -0.2) is 19.0 Å². The molecule has 0 saturated carbocycles. The molecule has 0 aliphatic heterocycles. The van der Waals surface area contributed by atoms with Gasteiger partial charge in [-0.15, -0.1) is 0 Å². The predicted molar refractivity (Wildman–Crippen MR) is 52.6 cm³/mol. The lowest BCUT2D eigenvalue weighted by atomic mass is 10.1. The lowest BCUT2D eigenvalue weighted by Crippen LogP contribution is -2.18. The summed E-state index contributed by atoms with van der Waals surface area (Å²) in [4.78, 5) is 21.5. The third kappa shape index (κ3) is 3.09. The third-order valence-electron chi connectivity index (χ3n) is 1.77. The molecule has 1 aromatic rings. The Morgan fingerprint density at radius 2 is 2.07 bits per heavy atom. The summed E-state index contributed by atoms with van der Waals surface area (Å²) in [6.07, 6.45) is -1.02. The van der Waals surface area contributed by atoms with Gasteiger partial charge in [0.25, 0.3) is 0 Å². The molecule has 1 unspecified atom stereocenters. The molecule has 1 rings (SSSR count). The highest BCUT2D eigenvalue weighted by molar-refractivity contribution is 5.77. The van der Waals surface area contributed by atoms with E-state index in [9.17, 15) is 9.59 Å². The van der Waals surface area contributed by atoms with Crippen LogP contribution in [0, 0.1) is 0 Å². The van der Waals surface area contributed by atoms with Crippen molar-refractivity contribution in [1.29, 1.82) is 0 Å². The van der Waals surface area contributed by atoms with Crippen LogP contribution >= 0.6 is 0 Å². The van der Waals surface area contributed by atoms with Gasteiger partial charge in [0.05, 0.1) is 6.61 Å². The first kappa shape index (κ1) is 11.2. The number of benzene rings is 1. The van der Waals surface area contributed by atoms with E-state index in [0.29, 0.717) is 5.56 Å². The van der Waals surface area contributed by atoms with E-state index < -0.39 is 12.1 Å². The second kappa shape index (κ2) is 5.80. The van der Waals surface area contributed by atoms with E-state index in [4.69, 9.17) is 4.74 Å². The van der Waals surface area contributed by atoms with Crippen LogP contribution in [0.15, 0.2) is 30.3 Å². The Hall–Kier alpha value is -1.84. The van der Waals surface area contributed by atoms with Crippen molar-refractivity contribution in [2.75, 3.05) is 6.61 Å². The zero-order valence-electron chi connectivity index (χ0n) is 8.30. The highest BCUT2D eigenvalue weighted by atomic mass is 16.6. The Morgan fingerprint density at radius 1 is 1.40 bits per heavy atom. The number of esters is 1. The minimum Gasteiger partial charge on any atom is -0.463 e. The zero-order chi connectivity index (χ0) is 11.1. The molecule has 4 heteroatoms. The molecule has 0 aromatic heterocycles. The van der Waals surface area contributed by atoms with E-state index in [1.54, 1.807) is 37.3 Å². The van der Waals surface area contributed by atoms with E-state index in [-0.39, 0.29) is 6.61 Å². The van der Waals surface area contributed by atoms with Crippen LogP contribution < -0.4 is 0 Å². The van der Waals surface area contributed by atoms with Crippen molar-refractivity contribution in [2.24, 2.45) is 0 Å². The number of rotatable bonds is 5. The molecule has 0 heterocycles. The highest BCUT2D eigenvalue weighted by Crippen LogP contribution is 2.17. The van der Waals surface area contributed by atoms with Crippen molar-refractivity contribution >= 4 is 12.4 Å². The van der Waals surface area contributed by atoms with Gasteiger partial charge in [-0.2, -0.15) is 0 Å². The standard InChI is InChI=1S/C11H11O4/c1-2-14-11(13)10(15-8-12)9-6-4-3-5-7-9/h3-7,10H,2H2,1H3. The average molecular weight is 207 g/mol. The lowest BCUT2D eigenvalue weighted by Gasteiger charge is -2.12. The molecule has 0 saturated heterocycles. The lowest BCUT2D eigenvalue weighted by molar-refractivity contribution is -0.152. The minimum absolute atomic E-state index is 0.240. The first-order valence-corrected chi connectivity index (χ1v) is 4.54. The van der Waals surface area contributed by atoms with Gasteiger partial charge in [0, 0.05) is 5.56 Å². The maximum Gasteiger partial charge on any atom is 0.418 e. The van der Waals surface area contributed by atoms with Crippen LogP contribution in [0.3, 0.4) is 0 Å². The molecule has 0 spiro atoms. The smallest absolute Gasteiger partial charge is 0.418 e. The topological polar surface area (TPSA) is 52.6 Å². The van der Waals surface area contributed by atoms with Gasteiger partial charge >= 0.3 is 12.4 Å². The average Bonchev–Trinajstić information content (AvgIpc) is 2.27. The number of hydrogen-bond acceptors (Lipinski definition) is 4. The van der Waals surface area contributed by atoms with Crippen LogP contribution in [0.5, 0.6) is 0 Å². The molecule has 4 nitrogen and oxygen atoms in total. The molecule has 0 N–H and O–H groups in total. The maximum absolute atomic E-state index is 11.4. The Bertz CT molecular complexity index is 321. The van der Waals surface area contributed by atoms with E-state index in [1.807, 2.05) is 0 Å². The summed E-state index contributed by atoms with van der Waals surface area (Å²) in [6, 6.07) is 8.65. The van der Waals surface area contributed by atoms with Crippen molar-refractivity contribution in [3.63, 3.8) is 0 Å². The van der Waals surface area contributed by atoms with Crippen molar-refractivity contribution in [2.45, 2.75) is 13.0 Å². The van der Waals surface area contributed by atoms with Crippen LogP contribution in [0.2, 0.25) is 0 Å². The van der Waals surface area contributed by atoms with E-state index in [0.717, 1.165) is 0 Å². The van der Waals surface area contributed by atoms with Gasteiger partial charge in [0.15, 0.2) is 0 Å². The monoisotopic (exact) mass is 207 g/mol. The fourth-order valence-electron chi connectivity index (χ4n) is 1.15. The first-order valence-electron chi connectivity index (χ1n) is 4.54. The van der Waals surface area contributed by atoms with Gasteiger partial charge in [-0.05, 0) is 6.92 Å². The molecule has 0 aliphatic rings. The quantitative estimate of drug-likeness (QED) is 0.684. The predicted octanol–water partition coefficient (Wildman–Crippen LogP) is 1.37. The molecule has 79 valence electrons. The van der Waals surface area contributed by atoms with Crippen LogP contribution in [0.1, 0.15) is 18.6 Å². The Labute approximate surface area is 87.8 Å². The van der Waals surface area contributed by atoms with E-state index in [2.05, 4.69) is 4.74 Å². The maximum atomic E-state index is 11.4. The summed E-state index contributed by atoms with van der Waals surface area (Å²) < 4.78 is 9.33. The van der Waals surface area contributed by atoms with Crippen LogP contribution in [0.25, 0.3) is 0 Å². The third-order valence-corrected chi connectivity index (χ3v) is 1.77. The normalized spacial score (nSPS) is 11.5. The molecule has 1 radical (unpaired) electrons. The van der Waals surface area contributed by atoms with Gasteiger partial charge in [-0.1, -0.05) is 30.3 Å². The van der Waals surface area contributed by atoms with E-state index in [1.165, 1.54) is 6.47 Å². The fraction of sp³-hybridized carbons (Fsp3) is 0.273.